The van der Waals surface area contributed by atoms with E-state index in [1.165, 1.54) is 29.7 Å². The number of carbonyl (C=O) groups is 7. The van der Waals surface area contributed by atoms with Crippen LogP contribution in [0.25, 0.3) is 22.3 Å². The second-order valence-electron chi connectivity index (χ2n) is 18.6. The molecule has 0 fully saturated rings. The number of benzene rings is 2. The fourth-order valence-corrected chi connectivity index (χ4v) is 9.68. The number of halogens is 1. The van der Waals surface area contributed by atoms with E-state index in [9.17, 15) is 43.5 Å². The minimum absolute atomic E-state index is 0.0343. The van der Waals surface area contributed by atoms with Crippen molar-refractivity contribution in [1.82, 2.24) is 30.4 Å². The standard InChI is InChI=1S/C52H59FN8O13/c1-4-52(70)35-23-40-46-33(25-61(40)49(67)34(35)27-73-50(52)68)45-37(13-12-32-28(2)36(53)24-39(57-46)44(32)45)59-51(69)74-26-30-8-10-31(11-9-30)56-48(66)38(7-5-6-17-54)58-47(65)29(3)55-41(62)16-19-71-21-22-72-20-18-60-42(63)14-15-43(60)64/h8-11,14-15,23-24,29,37-38,70H,4-7,12-13,16-22,25-27,54H2,1-3H3,(H,55,62)(H,56,66)(H,58,65)(H,59,69)/t29-,37-,38-,52-/m0/s1. The third kappa shape index (κ3) is 11.1. The summed E-state index contributed by atoms with van der Waals surface area (Å²) in [7, 11) is 0. The van der Waals surface area contributed by atoms with E-state index < -0.39 is 76.7 Å². The van der Waals surface area contributed by atoms with Crippen molar-refractivity contribution in [2.45, 2.75) is 109 Å². The zero-order chi connectivity index (χ0) is 52.8. The molecular formula is C52H59FN8O13. The second-order valence-corrected chi connectivity index (χ2v) is 18.6. The number of cyclic esters (lactones) is 1. The summed E-state index contributed by atoms with van der Waals surface area (Å²) in [5.74, 6) is -3.60. The zero-order valence-electron chi connectivity index (χ0n) is 41.3. The molecule has 74 heavy (non-hydrogen) atoms. The predicted octanol–water partition coefficient (Wildman–Crippen LogP) is 2.85. The number of anilines is 1. The van der Waals surface area contributed by atoms with Gasteiger partial charge in [-0.1, -0.05) is 19.1 Å². The van der Waals surface area contributed by atoms with Gasteiger partial charge in [0, 0.05) is 46.8 Å². The van der Waals surface area contributed by atoms with Gasteiger partial charge < -0.3 is 55.6 Å². The average molecular weight is 1020 g/mol. The van der Waals surface area contributed by atoms with Crippen LogP contribution in [0, 0.1) is 12.7 Å². The number of rotatable bonds is 22. The number of fused-ring (bicyclic) bond motifs is 5. The summed E-state index contributed by atoms with van der Waals surface area (Å²) in [5.41, 5.74) is 8.09. The molecule has 392 valence electrons. The third-order valence-corrected chi connectivity index (χ3v) is 13.8. The molecule has 6 amide bonds. The minimum Gasteiger partial charge on any atom is -0.458 e. The van der Waals surface area contributed by atoms with E-state index in [-0.39, 0.29) is 83.1 Å². The number of ether oxygens (including phenoxy) is 4. The van der Waals surface area contributed by atoms with Gasteiger partial charge in [0.15, 0.2) is 5.60 Å². The van der Waals surface area contributed by atoms with E-state index in [1.807, 2.05) is 0 Å². The molecule has 3 aliphatic heterocycles. The number of imide groups is 1. The first kappa shape index (κ1) is 52.9. The van der Waals surface area contributed by atoms with Gasteiger partial charge in [-0.3, -0.25) is 33.7 Å². The van der Waals surface area contributed by atoms with Gasteiger partial charge in [-0.05, 0) is 99.4 Å². The van der Waals surface area contributed by atoms with E-state index in [4.69, 9.17) is 29.7 Å². The Morgan fingerprint density at radius 2 is 1.69 bits per heavy atom. The van der Waals surface area contributed by atoms with Crippen molar-refractivity contribution >= 4 is 58.2 Å². The maximum absolute atomic E-state index is 15.4. The van der Waals surface area contributed by atoms with Gasteiger partial charge in [-0.15, -0.1) is 0 Å². The summed E-state index contributed by atoms with van der Waals surface area (Å²) >= 11 is 0. The molecule has 21 nitrogen and oxygen atoms in total. The number of unbranched alkanes of at least 4 members (excludes halogenated alkanes) is 1. The van der Waals surface area contributed by atoms with Crippen LogP contribution in [0.15, 0.2) is 53.3 Å². The summed E-state index contributed by atoms with van der Waals surface area (Å²) in [6.45, 7) is 5.48. The molecule has 2 aromatic carbocycles. The molecule has 7 N–H and O–H groups in total. The Balaban J connectivity index is 0.845. The second kappa shape index (κ2) is 22.8. The molecule has 8 rings (SSSR count). The van der Waals surface area contributed by atoms with Gasteiger partial charge in [0.1, 0.15) is 31.1 Å². The molecule has 0 spiro atoms. The number of alkyl carbamates (subject to hydrolysis) is 1. The lowest BCUT2D eigenvalue weighted by atomic mass is 9.81. The van der Waals surface area contributed by atoms with Gasteiger partial charge >= 0.3 is 12.1 Å². The van der Waals surface area contributed by atoms with Crippen LogP contribution in [0.4, 0.5) is 14.9 Å². The average Bonchev–Trinajstić information content (AvgIpc) is 3.92. The maximum atomic E-state index is 15.4. The topological polar surface area (TPSA) is 289 Å². The van der Waals surface area contributed by atoms with E-state index in [1.54, 1.807) is 44.2 Å². The van der Waals surface area contributed by atoms with E-state index >= 15 is 4.39 Å². The van der Waals surface area contributed by atoms with Crippen molar-refractivity contribution in [2.24, 2.45) is 5.73 Å². The van der Waals surface area contributed by atoms with E-state index in [0.29, 0.717) is 82.5 Å². The van der Waals surface area contributed by atoms with Gasteiger partial charge in [-0.2, -0.15) is 0 Å². The first-order valence-corrected chi connectivity index (χ1v) is 24.7. The van der Waals surface area contributed by atoms with Crippen LogP contribution in [-0.4, -0.2) is 113 Å². The van der Waals surface area contributed by atoms with Crippen molar-refractivity contribution in [3.8, 4) is 11.4 Å². The molecule has 4 aromatic rings. The van der Waals surface area contributed by atoms with Gasteiger partial charge in [0.25, 0.3) is 17.4 Å². The Labute approximate surface area is 424 Å². The SMILES string of the molecule is CC[C@@]1(O)C(=O)OCc2c1cc1n(c2=O)Cc2c-1nc1cc(F)c(C)c3c1c2[C@@H](NC(=O)OCc1ccc(NC(=O)[C@H](CCCCN)NC(=O)[C@H](C)NC(=O)CCOCCOCCN2C(=O)C=CC2=O)cc1)CC3. The summed E-state index contributed by atoms with van der Waals surface area (Å²) in [6, 6.07) is 6.94. The van der Waals surface area contributed by atoms with Crippen LogP contribution in [0.2, 0.25) is 0 Å². The Morgan fingerprint density at radius 3 is 2.41 bits per heavy atom. The molecule has 0 saturated heterocycles. The van der Waals surface area contributed by atoms with Gasteiger partial charge in [0.2, 0.25) is 17.7 Å². The highest BCUT2D eigenvalue weighted by atomic mass is 19.1. The number of amides is 6. The monoisotopic (exact) mass is 1020 g/mol. The number of aromatic nitrogens is 2. The normalized spacial score (nSPS) is 18.1. The largest absolute Gasteiger partial charge is 0.458 e. The molecule has 0 bridgehead atoms. The van der Waals surface area contributed by atoms with Crippen LogP contribution < -0.4 is 32.6 Å². The highest BCUT2D eigenvalue weighted by Crippen LogP contribution is 2.46. The van der Waals surface area contributed by atoms with Gasteiger partial charge in [0.05, 0.1) is 68.0 Å². The molecule has 1 aliphatic carbocycles. The Morgan fingerprint density at radius 1 is 0.959 bits per heavy atom. The maximum Gasteiger partial charge on any atom is 0.407 e. The molecule has 0 unspecified atom stereocenters. The number of nitrogens with zero attached hydrogens (tertiary/aromatic N) is 3. The Bertz CT molecular complexity index is 2980. The molecular weight excluding hydrogens is 964 g/mol. The summed E-state index contributed by atoms with van der Waals surface area (Å²) in [4.78, 5) is 109. The number of aryl methyl sites for hydroxylation is 1. The molecule has 0 saturated carbocycles. The van der Waals surface area contributed by atoms with Crippen molar-refractivity contribution in [2.75, 3.05) is 44.8 Å². The number of nitrogens with one attached hydrogen (secondary N) is 4. The number of hydrogen-bond acceptors (Lipinski definition) is 15. The highest BCUT2D eigenvalue weighted by Gasteiger charge is 2.46. The van der Waals surface area contributed by atoms with Crippen LogP contribution in [0.5, 0.6) is 0 Å². The lowest BCUT2D eigenvalue weighted by Gasteiger charge is -2.31. The first-order valence-electron chi connectivity index (χ1n) is 24.7. The Hall–Kier alpha value is -7.40. The number of aliphatic hydroxyl groups is 1. The smallest absolute Gasteiger partial charge is 0.407 e. The summed E-state index contributed by atoms with van der Waals surface area (Å²) in [5, 5.41) is 23.2. The van der Waals surface area contributed by atoms with Crippen LogP contribution in [0.1, 0.15) is 97.4 Å². The fourth-order valence-electron chi connectivity index (χ4n) is 9.68. The molecule has 4 aliphatic rings. The number of nitrogens with two attached hydrogens (primary N) is 1. The quantitative estimate of drug-likeness (QED) is 0.0330. The Kier molecular flexibility index (Phi) is 16.3. The molecule has 4 atom stereocenters. The number of carbonyl (C=O) groups excluding carboxylic acids is 7. The zero-order valence-corrected chi connectivity index (χ0v) is 41.3. The fraction of sp³-hybridized carbons (Fsp3) is 0.442. The van der Waals surface area contributed by atoms with E-state index in [2.05, 4.69) is 21.3 Å². The summed E-state index contributed by atoms with van der Waals surface area (Å²) < 4.78 is 38.6. The number of pyridine rings is 2. The van der Waals surface area contributed by atoms with Crippen molar-refractivity contribution < 1.29 is 62.0 Å². The number of esters is 1. The molecule has 2 aromatic heterocycles. The van der Waals surface area contributed by atoms with Crippen molar-refractivity contribution in [1.29, 1.82) is 0 Å². The van der Waals surface area contributed by atoms with E-state index in [0.717, 1.165) is 10.5 Å². The van der Waals surface area contributed by atoms with Crippen molar-refractivity contribution in [3.63, 3.8) is 0 Å². The predicted molar refractivity (Wildman–Crippen MR) is 263 cm³/mol. The molecule has 22 heteroatoms. The van der Waals surface area contributed by atoms with Crippen LogP contribution in [0.3, 0.4) is 0 Å². The first-order chi connectivity index (χ1) is 35.5. The van der Waals surface area contributed by atoms with Crippen LogP contribution in [-0.2, 0) is 79.5 Å². The lowest BCUT2D eigenvalue weighted by molar-refractivity contribution is -0.172. The highest BCUT2D eigenvalue weighted by molar-refractivity contribution is 6.12. The summed E-state index contributed by atoms with van der Waals surface area (Å²) in [6.07, 6.45) is 3.82. The van der Waals surface area contributed by atoms with Crippen molar-refractivity contribution in [3.05, 3.63) is 104 Å². The third-order valence-electron chi connectivity index (χ3n) is 13.8. The minimum atomic E-state index is -2.04. The molecule has 5 heterocycles. The molecule has 0 radical (unpaired) electrons. The lowest BCUT2D eigenvalue weighted by Crippen LogP contribution is -2.51. The van der Waals surface area contributed by atoms with Gasteiger partial charge in [-0.25, -0.2) is 19.0 Å². The number of hydrogen-bond donors (Lipinski definition) is 6. The van der Waals surface area contributed by atoms with Crippen LogP contribution >= 0.6 is 0 Å².